The first-order valence-electron chi connectivity index (χ1n) is 8.24. The predicted molar refractivity (Wildman–Crippen MR) is 93.5 cm³/mol. The van der Waals surface area contributed by atoms with Crippen LogP contribution in [0.25, 0.3) is 0 Å². The molecule has 0 spiro atoms. The van der Waals surface area contributed by atoms with E-state index in [4.69, 9.17) is 16.6 Å². The summed E-state index contributed by atoms with van der Waals surface area (Å²) in [7, 11) is 0. The maximum atomic E-state index is 5.80. The van der Waals surface area contributed by atoms with Gasteiger partial charge in [0.1, 0.15) is 5.15 Å². The first-order chi connectivity index (χ1) is 10.6. The van der Waals surface area contributed by atoms with Gasteiger partial charge in [0, 0.05) is 25.8 Å². The summed E-state index contributed by atoms with van der Waals surface area (Å²) < 4.78 is 0. The number of hydrogen-bond donors (Lipinski definition) is 2. The van der Waals surface area contributed by atoms with Crippen LogP contribution in [0.5, 0.6) is 0 Å². The summed E-state index contributed by atoms with van der Waals surface area (Å²) in [5, 5.41) is 7.26. The normalized spacial score (nSPS) is 17.5. The molecule has 1 aliphatic rings. The average Bonchev–Trinajstić information content (AvgIpc) is 2.94. The van der Waals surface area contributed by atoms with Crippen molar-refractivity contribution in [1.82, 2.24) is 15.6 Å². The van der Waals surface area contributed by atoms with Crippen LogP contribution < -0.4 is 10.6 Å². The van der Waals surface area contributed by atoms with Crippen LogP contribution in [0, 0.1) is 5.41 Å². The zero-order chi connectivity index (χ0) is 15.8. The van der Waals surface area contributed by atoms with Crippen molar-refractivity contribution in [3.8, 4) is 0 Å². The van der Waals surface area contributed by atoms with Crippen LogP contribution in [0.4, 0.5) is 0 Å². The minimum atomic E-state index is 0.391. The van der Waals surface area contributed by atoms with Crippen LogP contribution in [-0.4, -0.2) is 30.6 Å². The van der Waals surface area contributed by atoms with Gasteiger partial charge in [-0.1, -0.05) is 37.4 Å². The Kier molecular flexibility index (Phi) is 6.49. The number of guanidine groups is 1. The van der Waals surface area contributed by atoms with Crippen LogP contribution in [0.15, 0.2) is 23.3 Å². The number of aromatic nitrogens is 1. The fourth-order valence-electron chi connectivity index (χ4n) is 2.88. The Hall–Kier alpha value is -1.29. The van der Waals surface area contributed by atoms with Crippen molar-refractivity contribution in [1.29, 1.82) is 0 Å². The number of halogens is 1. The van der Waals surface area contributed by atoms with Crippen molar-refractivity contribution in [2.75, 3.05) is 19.6 Å². The highest BCUT2D eigenvalue weighted by Crippen LogP contribution is 2.37. The molecular formula is C17H27ClN4. The smallest absolute Gasteiger partial charge is 0.191 e. The van der Waals surface area contributed by atoms with E-state index in [-0.39, 0.29) is 0 Å². The van der Waals surface area contributed by atoms with E-state index in [1.165, 1.54) is 31.2 Å². The fraction of sp³-hybridized carbons (Fsp3) is 0.647. The minimum Gasteiger partial charge on any atom is -0.357 e. The van der Waals surface area contributed by atoms with Crippen molar-refractivity contribution < 1.29 is 0 Å². The Balaban J connectivity index is 1.81. The van der Waals surface area contributed by atoms with Gasteiger partial charge in [-0.25, -0.2) is 4.98 Å². The van der Waals surface area contributed by atoms with Crippen molar-refractivity contribution in [3.63, 3.8) is 0 Å². The van der Waals surface area contributed by atoms with Gasteiger partial charge in [-0.2, -0.15) is 0 Å². The van der Waals surface area contributed by atoms with Crippen molar-refractivity contribution in [2.24, 2.45) is 10.4 Å². The highest BCUT2D eigenvalue weighted by molar-refractivity contribution is 6.29. The Labute approximate surface area is 138 Å². The summed E-state index contributed by atoms with van der Waals surface area (Å²) in [5.41, 5.74) is 1.57. The summed E-state index contributed by atoms with van der Waals surface area (Å²) in [6.45, 7) is 7.08. The highest BCUT2D eigenvalue weighted by atomic mass is 35.5. The SMILES string of the molecule is CCNC(=NCC1(C)CCCC1)NCCc1ccc(Cl)nc1. The van der Waals surface area contributed by atoms with Crippen molar-refractivity contribution >= 4 is 17.6 Å². The third-order valence-electron chi connectivity index (χ3n) is 4.27. The molecule has 4 nitrogen and oxygen atoms in total. The second-order valence-corrected chi connectivity index (χ2v) is 6.77. The molecule has 5 heteroatoms. The Morgan fingerprint density at radius 2 is 2.09 bits per heavy atom. The van der Waals surface area contributed by atoms with Gasteiger partial charge in [-0.05, 0) is 43.2 Å². The number of hydrogen-bond acceptors (Lipinski definition) is 2. The van der Waals surface area contributed by atoms with Crippen LogP contribution >= 0.6 is 11.6 Å². The zero-order valence-electron chi connectivity index (χ0n) is 13.7. The molecule has 1 aromatic rings. The molecule has 2 N–H and O–H groups in total. The first kappa shape index (κ1) is 17.1. The second kappa shape index (κ2) is 8.37. The van der Waals surface area contributed by atoms with Crippen LogP contribution in [0.1, 0.15) is 45.1 Å². The molecule has 0 aromatic carbocycles. The van der Waals surface area contributed by atoms with E-state index >= 15 is 0 Å². The number of aliphatic imine (C=N–C) groups is 1. The molecule has 0 unspecified atom stereocenters. The molecule has 1 saturated carbocycles. The molecule has 0 saturated heterocycles. The molecular weight excluding hydrogens is 296 g/mol. The first-order valence-corrected chi connectivity index (χ1v) is 8.62. The Bertz CT molecular complexity index is 478. The molecule has 0 bridgehead atoms. The van der Waals surface area contributed by atoms with Crippen LogP contribution in [-0.2, 0) is 6.42 Å². The number of rotatable bonds is 6. The fourth-order valence-corrected chi connectivity index (χ4v) is 2.99. The highest BCUT2D eigenvalue weighted by Gasteiger charge is 2.28. The van der Waals surface area contributed by atoms with Gasteiger partial charge in [0.2, 0.25) is 0 Å². The largest absolute Gasteiger partial charge is 0.357 e. The standard InChI is InChI=1S/C17H27ClN4/c1-3-19-16(22-13-17(2)9-4-5-10-17)20-11-8-14-6-7-15(18)21-12-14/h6-7,12H,3-5,8-11,13H2,1-2H3,(H2,19,20,22). The number of nitrogens with one attached hydrogen (secondary N) is 2. The van der Waals surface area contributed by atoms with Gasteiger partial charge in [0.05, 0.1) is 0 Å². The van der Waals surface area contributed by atoms with Gasteiger partial charge >= 0.3 is 0 Å². The summed E-state index contributed by atoms with van der Waals surface area (Å²) in [4.78, 5) is 8.87. The molecule has 22 heavy (non-hydrogen) atoms. The van der Waals surface area contributed by atoms with E-state index < -0.39 is 0 Å². The minimum absolute atomic E-state index is 0.391. The predicted octanol–water partition coefficient (Wildman–Crippen LogP) is 3.41. The molecule has 0 radical (unpaired) electrons. The second-order valence-electron chi connectivity index (χ2n) is 6.38. The lowest BCUT2D eigenvalue weighted by Gasteiger charge is -2.21. The quantitative estimate of drug-likeness (QED) is 0.479. The molecule has 1 fully saturated rings. The monoisotopic (exact) mass is 322 g/mol. The molecule has 1 aromatic heterocycles. The summed E-state index contributed by atoms with van der Waals surface area (Å²) in [6, 6.07) is 3.84. The third-order valence-corrected chi connectivity index (χ3v) is 4.49. The van der Waals surface area contributed by atoms with Crippen LogP contribution in [0.2, 0.25) is 5.15 Å². The lowest BCUT2D eigenvalue weighted by Crippen LogP contribution is -2.39. The van der Waals surface area contributed by atoms with Gasteiger partial charge in [-0.15, -0.1) is 0 Å². The molecule has 1 aliphatic carbocycles. The lowest BCUT2D eigenvalue weighted by atomic mass is 9.89. The molecule has 2 rings (SSSR count). The van der Waals surface area contributed by atoms with E-state index in [2.05, 4.69) is 29.5 Å². The summed E-state index contributed by atoms with van der Waals surface area (Å²) >= 11 is 5.80. The zero-order valence-corrected chi connectivity index (χ0v) is 14.4. The van der Waals surface area contributed by atoms with Crippen LogP contribution in [0.3, 0.4) is 0 Å². The van der Waals surface area contributed by atoms with Gasteiger partial charge in [0.25, 0.3) is 0 Å². The van der Waals surface area contributed by atoms with E-state index in [0.717, 1.165) is 32.0 Å². The van der Waals surface area contributed by atoms with Gasteiger partial charge in [0.15, 0.2) is 5.96 Å². The summed E-state index contributed by atoms with van der Waals surface area (Å²) in [6.07, 6.45) is 8.03. The van der Waals surface area contributed by atoms with E-state index in [9.17, 15) is 0 Å². The molecule has 122 valence electrons. The molecule has 0 atom stereocenters. The molecule has 0 aliphatic heterocycles. The van der Waals surface area contributed by atoms with E-state index in [0.29, 0.717) is 10.6 Å². The van der Waals surface area contributed by atoms with Crippen molar-refractivity contribution in [3.05, 3.63) is 29.0 Å². The average molecular weight is 323 g/mol. The lowest BCUT2D eigenvalue weighted by molar-refractivity contribution is 0.350. The van der Waals surface area contributed by atoms with Gasteiger partial charge in [-0.3, -0.25) is 4.99 Å². The Morgan fingerprint density at radius 3 is 2.73 bits per heavy atom. The van der Waals surface area contributed by atoms with E-state index in [1.54, 1.807) is 0 Å². The topological polar surface area (TPSA) is 49.3 Å². The number of pyridine rings is 1. The Morgan fingerprint density at radius 1 is 1.32 bits per heavy atom. The maximum absolute atomic E-state index is 5.80. The molecule has 1 heterocycles. The molecule has 0 amide bonds. The van der Waals surface area contributed by atoms with E-state index in [1.807, 2.05) is 18.3 Å². The van der Waals surface area contributed by atoms with Crippen molar-refractivity contribution in [2.45, 2.75) is 46.0 Å². The summed E-state index contributed by atoms with van der Waals surface area (Å²) in [5.74, 6) is 0.914. The number of nitrogens with zero attached hydrogens (tertiary/aromatic N) is 2. The third kappa shape index (κ3) is 5.48. The van der Waals surface area contributed by atoms with Gasteiger partial charge < -0.3 is 10.6 Å². The maximum Gasteiger partial charge on any atom is 0.191 e.